The number of amides is 1. The number of nitrogens with one attached hydrogen (secondary N) is 1. The second kappa shape index (κ2) is 7.75. The Hall–Kier alpha value is -0.390. The van der Waals surface area contributed by atoms with E-state index in [4.69, 9.17) is 0 Å². The van der Waals surface area contributed by atoms with Gasteiger partial charge in [-0.2, -0.15) is 0 Å². The van der Waals surface area contributed by atoms with Gasteiger partial charge in [0.05, 0.1) is 15.9 Å². The number of hydrogen-bond donors (Lipinski definition) is 2. The molecule has 0 aliphatic heterocycles. The molecule has 1 saturated carbocycles. The maximum Gasteiger partial charge on any atom is 0.220 e. The van der Waals surface area contributed by atoms with Gasteiger partial charge in [0.2, 0.25) is 5.91 Å². The first kappa shape index (κ1) is 17.0. The summed E-state index contributed by atoms with van der Waals surface area (Å²) in [6, 6.07) is 4.15. The van der Waals surface area contributed by atoms with Crippen molar-refractivity contribution in [3.63, 3.8) is 0 Å². The van der Waals surface area contributed by atoms with Crippen molar-refractivity contribution >= 4 is 33.2 Å². The molecule has 2 N–H and O–H groups in total. The average molecular weight is 374 g/mol. The van der Waals surface area contributed by atoms with E-state index in [0.29, 0.717) is 12.3 Å². The van der Waals surface area contributed by atoms with Gasteiger partial charge in [0.25, 0.3) is 0 Å². The Bertz CT molecular complexity index is 477. The van der Waals surface area contributed by atoms with E-state index in [1.54, 1.807) is 11.3 Å². The topological polar surface area (TPSA) is 49.3 Å². The predicted molar refractivity (Wildman–Crippen MR) is 90.5 cm³/mol. The van der Waals surface area contributed by atoms with Crippen LogP contribution in [0.25, 0.3) is 0 Å². The molecule has 2 unspecified atom stereocenters. The maximum atomic E-state index is 12.1. The van der Waals surface area contributed by atoms with Gasteiger partial charge < -0.3 is 10.4 Å². The Balaban J connectivity index is 1.77. The minimum Gasteiger partial charge on any atom is -0.394 e. The lowest BCUT2D eigenvalue weighted by atomic mass is 9.76. The molecule has 1 aromatic heterocycles. The quantitative estimate of drug-likeness (QED) is 0.794. The Morgan fingerprint density at radius 3 is 3.00 bits per heavy atom. The smallest absolute Gasteiger partial charge is 0.220 e. The minimum atomic E-state index is -0.374. The second-order valence-electron chi connectivity index (χ2n) is 6.25. The summed E-state index contributed by atoms with van der Waals surface area (Å²) in [5.74, 6) is 0.656. The van der Waals surface area contributed by atoms with Gasteiger partial charge in [-0.15, -0.1) is 11.3 Å². The molecule has 1 heterocycles. The summed E-state index contributed by atoms with van der Waals surface area (Å²) in [6.45, 7) is 2.26. The van der Waals surface area contributed by atoms with Crippen LogP contribution in [0.2, 0.25) is 0 Å². The molecule has 0 saturated heterocycles. The van der Waals surface area contributed by atoms with Crippen molar-refractivity contribution in [1.29, 1.82) is 0 Å². The number of aliphatic hydroxyl groups is 1. The molecule has 0 spiro atoms. The van der Waals surface area contributed by atoms with Crippen LogP contribution >= 0.6 is 27.3 Å². The van der Waals surface area contributed by atoms with Gasteiger partial charge in [-0.05, 0) is 59.7 Å². The first-order valence-corrected chi connectivity index (χ1v) is 9.30. The lowest BCUT2D eigenvalue weighted by Crippen LogP contribution is -2.53. The van der Waals surface area contributed by atoms with Crippen molar-refractivity contribution in [3.8, 4) is 0 Å². The molecule has 1 aliphatic rings. The van der Waals surface area contributed by atoms with Gasteiger partial charge in [0.15, 0.2) is 0 Å². The van der Waals surface area contributed by atoms with Crippen LogP contribution in [0.3, 0.4) is 0 Å². The van der Waals surface area contributed by atoms with Crippen molar-refractivity contribution in [2.75, 3.05) is 6.61 Å². The highest BCUT2D eigenvalue weighted by atomic mass is 79.9. The van der Waals surface area contributed by atoms with E-state index in [-0.39, 0.29) is 18.1 Å². The fourth-order valence-corrected chi connectivity index (χ4v) is 4.75. The zero-order chi connectivity index (χ0) is 15.3. The first-order valence-electron chi connectivity index (χ1n) is 7.69. The van der Waals surface area contributed by atoms with Crippen molar-refractivity contribution in [2.24, 2.45) is 5.92 Å². The molecule has 118 valence electrons. The monoisotopic (exact) mass is 373 g/mol. The van der Waals surface area contributed by atoms with Gasteiger partial charge in [0.1, 0.15) is 0 Å². The van der Waals surface area contributed by atoms with Crippen molar-refractivity contribution in [2.45, 2.75) is 57.4 Å². The van der Waals surface area contributed by atoms with E-state index >= 15 is 0 Å². The lowest BCUT2D eigenvalue weighted by molar-refractivity contribution is -0.124. The van der Waals surface area contributed by atoms with E-state index in [1.165, 1.54) is 11.3 Å². The van der Waals surface area contributed by atoms with Crippen LogP contribution in [-0.4, -0.2) is 23.2 Å². The molecular formula is C16H24BrNO2S. The summed E-state index contributed by atoms with van der Waals surface area (Å²) < 4.78 is 1.14. The normalized spacial score (nSPS) is 25.8. The van der Waals surface area contributed by atoms with Gasteiger partial charge in [0, 0.05) is 11.3 Å². The van der Waals surface area contributed by atoms with E-state index in [9.17, 15) is 9.90 Å². The Kier molecular flexibility index (Phi) is 6.26. The van der Waals surface area contributed by atoms with Crippen LogP contribution in [-0.2, 0) is 11.2 Å². The summed E-state index contributed by atoms with van der Waals surface area (Å²) in [4.78, 5) is 13.5. The number of aliphatic hydroxyl groups excluding tert-OH is 1. The number of rotatable bonds is 6. The first-order chi connectivity index (χ1) is 10.0. The Morgan fingerprint density at radius 2 is 2.38 bits per heavy atom. The number of halogens is 1. The van der Waals surface area contributed by atoms with Gasteiger partial charge in [-0.25, -0.2) is 0 Å². The average Bonchev–Trinajstić information content (AvgIpc) is 2.84. The molecule has 1 aliphatic carbocycles. The van der Waals surface area contributed by atoms with Crippen LogP contribution in [0.1, 0.15) is 50.3 Å². The molecule has 0 radical (unpaired) electrons. The van der Waals surface area contributed by atoms with Crippen molar-refractivity contribution in [1.82, 2.24) is 5.32 Å². The van der Waals surface area contributed by atoms with Gasteiger partial charge in [-0.3, -0.25) is 4.79 Å². The largest absolute Gasteiger partial charge is 0.394 e. The van der Waals surface area contributed by atoms with Crippen LogP contribution in [0.5, 0.6) is 0 Å². The van der Waals surface area contributed by atoms with E-state index in [0.717, 1.165) is 35.9 Å². The van der Waals surface area contributed by atoms with Crippen molar-refractivity contribution < 1.29 is 9.90 Å². The summed E-state index contributed by atoms with van der Waals surface area (Å²) in [5.41, 5.74) is -0.374. The van der Waals surface area contributed by atoms with Gasteiger partial charge >= 0.3 is 0 Å². The highest BCUT2D eigenvalue weighted by molar-refractivity contribution is 9.11. The third kappa shape index (κ3) is 5.08. The number of hydrogen-bond acceptors (Lipinski definition) is 3. The third-order valence-electron chi connectivity index (χ3n) is 4.25. The van der Waals surface area contributed by atoms with E-state index in [2.05, 4.69) is 34.2 Å². The molecular weight excluding hydrogens is 350 g/mol. The lowest BCUT2D eigenvalue weighted by Gasteiger charge is -2.39. The Morgan fingerprint density at radius 1 is 1.57 bits per heavy atom. The number of carbonyl (C=O) groups excluding carboxylic acids is 1. The summed E-state index contributed by atoms with van der Waals surface area (Å²) in [5, 5.41) is 12.8. The molecule has 3 nitrogen and oxygen atoms in total. The SMILES string of the molecule is CC1CCCC(CO)(NC(=O)CCCc2ccc(Br)s2)C1. The molecule has 21 heavy (non-hydrogen) atoms. The van der Waals surface area contributed by atoms with Crippen LogP contribution in [0.4, 0.5) is 0 Å². The van der Waals surface area contributed by atoms with Crippen LogP contribution < -0.4 is 5.32 Å². The van der Waals surface area contributed by atoms with Crippen LogP contribution in [0.15, 0.2) is 15.9 Å². The van der Waals surface area contributed by atoms with E-state index in [1.807, 2.05) is 6.07 Å². The molecule has 0 bridgehead atoms. The standard InChI is InChI=1S/C16H24BrNO2S/c1-12-4-3-9-16(10-12,11-19)18-15(20)6-2-5-13-7-8-14(17)21-13/h7-8,12,19H,2-6,9-11H2,1H3,(H,18,20). The molecule has 5 heteroatoms. The summed E-state index contributed by atoms with van der Waals surface area (Å²) in [6.07, 6.45) is 6.41. The van der Waals surface area contributed by atoms with Crippen molar-refractivity contribution in [3.05, 3.63) is 20.8 Å². The van der Waals surface area contributed by atoms with E-state index < -0.39 is 0 Å². The third-order valence-corrected chi connectivity index (χ3v) is 5.94. The Labute approximate surface area is 139 Å². The number of aryl methyl sites for hydroxylation is 1. The van der Waals surface area contributed by atoms with Crippen LogP contribution in [0, 0.1) is 5.92 Å². The fourth-order valence-electron chi connectivity index (χ4n) is 3.22. The molecule has 2 atom stereocenters. The molecule has 2 rings (SSSR count). The number of carbonyl (C=O) groups is 1. The molecule has 1 amide bonds. The maximum absolute atomic E-state index is 12.1. The zero-order valence-electron chi connectivity index (χ0n) is 12.5. The second-order valence-corrected chi connectivity index (χ2v) is 8.80. The highest BCUT2D eigenvalue weighted by Gasteiger charge is 2.35. The predicted octanol–water partition coefficient (Wildman–Crippen LogP) is 3.89. The number of thiophene rings is 1. The molecule has 1 aromatic rings. The molecule has 0 aromatic carbocycles. The minimum absolute atomic E-state index is 0.0565. The zero-order valence-corrected chi connectivity index (χ0v) is 14.9. The molecule has 1 fully saturated rings. The highest BCUT2D eigenvalue weighted by Crippen LogP contribution is 2.32. The summed E-state index contributed by atoms with van der Waals surface area (Å²) >= 11 is 5.18. The van der Waals surface area contributed by atoms with Gasteiger partial charge in [-0.1, -0.05) is 19.8 Å². The summed E-state index contributed by atoms with van der Waals surface area (Å²) in [7, 11) is 0. The fraction of sp³-hybridized carbons (Fsp3) is 0.688.